The van der Waals surface area contributed by atoms with Crippen LogP contribution in [0.15, 0.2) is 0 Å². The highest BCUT2D eigenvalue weighted by molar-refractivity contribution is 7.99. The van der Waals surface area contributed by atoms with Crippen molar-refractivity contribution in [3.05, 3.63) is 0 Å². The summed E-state index contributed by atoms with van der Waals surface area (Å²) in [4.78, 5) is 93.0. The van der Waals surface area contributed by atoms with Crippen LogP contribution in [0.1, 0.15) is 33.1 Å². The van der Waals surface area contributed by atoms with Crippen LogP contribution in [0.25, 0.3) is 0 Å². The van der Waals surface area contributed by atoms with Crippen LogP contribution in [0.5, 0.6) is 0 Å². The van der Waals surface area contributed by atoms with Crippen LogP contribution < -0.4 is 0 Å². The van der Waals surface area contributed by atoms with E-state index in [4.69, 9.17) is 14.2 Å². The maximum atomic E-state index is 13.1. The highest BCUT2D eigenvalue weighted by atomic mass is 32.2. The Hall–Kier alpha value is -2.59. The van der Waals surface area contributed by atoms with E-state index in [1.807, 2.05) is 0 Å². The summed E-state index contributed by atoms with van der Waals surface area (Å²) in [5.41, 5.74) is -0.772. The fourth-order valence-electron chi connectivity index (χ4n) is 3.29. The lowest BCUT2D eigenvalue weighted by atomic mass is 9.90. The molecule has 13 nitrogen and oxygen atoms in total. The molecule has 0 spiro atoms. The molecule has 0 amide bonds. The third-order valence-electron chi connectivity index (χ3n) is 5.45. The molecule has 0 N–H and O–H groups in total. The number of esters is 1. The van der Waals surface area contributed by atoms with Gasteiger partial charge in [-0.2, -0.15) is 35.3 Å². The molecular weight excluding hydrogens is 616 g/mol. The Morgan fingerprint density at radius 2 is 1.07 bits per heavy atom. The summed E-state index contributed by atoms with van der Waals surface area (Å²) in [5.74, 6) is -1.86. The number of hydrogen-bond donors (Lipinski definition) is 0. The van der Waals surface area contributed by atoms with Crippen molar-refractivity contribution in [3.8, 4) is 0 Å². The van der Waals surface area contributed by atoms with E-state index in [0.717, 1.165) is 0 Å². The van der Waals surface area contributed by atoms with Crippen molar-refractivity contribution in [2.24, 2.45) is 11.3 Å². The van der Waals surface area contributed by atoms with E-state index in [-0.39, 0.29) is 81.4 Å². The molecule has 0 bridgehead atoms. The third-order valence-corrected chi connectivity index (χ3v) is 9.07. The summed E-state index contributed by atoms with van der Waals surface area (Å²) in [7, 11) is 1.29. The normalized spacial score (nSPS) is 13.0. The van der Waals surface area contributed by atoms with Gasteiger partial charge in [0, 0.05) is 53.8 Å². The number of carbonyl (C=O) groups is 8. The van der Waals surface area contributed by atoms with Crippen molar-refractivity contribution in [2.45, 2.75) is 45.3 Å². The fourth-order valence-corrected chi connectivity index (χ4v) is 6.30. The van der Waals surface area contributed by atoms with Crippen molar-refractivity contribution < 1.29 is 62.0 Å². The molecule has 0 fully saturated rings. The lowest BCUT2D eigenvalue weighted by molar-refractivity contribution is -0.149. The zero-order valence-corrected chi connectivity index (χ0v) is 26.3. The Kier molecular flexibility index (Phi) is 22.4. The molecule has 2 unspecified atom stereocenters. The summed E-state index contributed by atoms with van der Waals surface area (Å²) in [5, 5.41) is 0. The van der Waals surface area contributed by atoms with Gasteiger partial charge in [-0.25, -0.2) is 0 Å². The van der Waals surface area contributed by atoms with Gasteiger partial charge in [0.15, 0.2) is 17.3 Å². The zero-order valence-electron chi connectivity index (χ0n) is 23.9. The highest BCUT2D eigenvalue weighted by Gasteiger charge is 2.33. The van der Waals surface area contributed by atoms with E-state index in [9.17, 15) is 38.4 Å². The van der Waals surface area contributed by atoms with Crippen LogP contribution in [-0.2, 0) is 62.0 Å². The first-order valence-electron chi connectivity index (χ1n) is 12.8. The van der Waals surface area contributed by atoms with Crippen molar-refractivity contribution in [2.75, 3.05) is 54.8 Å². The Morgan fingerprint density at radius 3 is 1.43 bits per heavy atom. The van der Waals surface area contributed by atoms with Crippen molar-refractivity contribution in [3.63, 3.8) is 0 Å². The lowest BCUT2D eigenvalue weighted by Gasteiger charge is -2.21. The number of methoxy groups -OCH3 is 1. The van der Waals surface area contributed by atoms with E-state index < -0.39 is 46.9 Å². The summed E-state index contributed by atoms with van der Waals surface area (Å²) < 4.78 is 23.6. The summed E-state index contributed by atoms with van der Waals surface area (Å²) in [6, 6.07) is 0. The summed E-state index contributed by atoms with van der Waals surface area (Å²) >= 11 is 3.80. The molecule has 0 radical (unpaired) electrons. The Balaban J connectivity index is 5.14. The largest absolute Gasteiger partial charge is 0.469 e. The van der Waals surface area contributed by atoms with Crippen molar-refractivity contribution in [1.82, 2.24) is 0 Å². The van der Waals surface area contributed by atoms with E-state index in [2.05, 4.69) is 9.47 Å². The second kappa shape index (κ2) is 23.9. The summed E-state index contributed by atoms with van der Waals surface area (Å²) in [6.07, 6.45) is -1.66. The van der Waals surface area contributed by atoms with Gasteiger partial charge in [0.1, 0.15) is 31.3 Å². The Bertz CT molecular complexity index is 836. The number of rotatable bonds is 29. The molecule has 0 saturated carbocycles. The van der Waals surface area contributed by atoms with E-state index in [0.29, 0.717) is 11.5 Å². The molecule has 16 heteroatoms. The van der Waals surface area contributed by atoms with Crippen LogP contribution in [0, 0.1) is 11.3 Å². The van der Waals surface area contributed by atoms with E-state index in [1.54, 1.807) is 13.8 Å². The third kappa shape index (κ3) is 17.4. The molecule has 238 valence electrons. The topological polar surface area (TPSA) is 183 Å². The van der Waals surface area contributed by atoms with Gasteiger partial charge in [-0.1, -0.05) is 0 Å². The second-order valence-electron chi connectivity index (χ2n) is 9.23. The van der Waals surface area contributed by atoms with E-state index >= 15 is 0 Å². The molecule has 42 heavy (non-hydrogen) atoms. The molecule has 0 heterocycles. The molecule has 0 aromatic carbocycles. The van der Waals surface area contributed by atoms with Crippen molar-refractivity contribution >= 4 is 84.5 Å². The zero-order chi connectivity index (χ0) is 31.8. The van der Waals surface area contributed by atoms with Crippen LogP contribution >= 0.6 is 35.3 Å². The molecule has 0 saturated heterocycles. The minimum absolute atomic E-state index is 0.0546. The van der Waals surface area contributed by atoms with E-state index in [1.165, 1.54) is 42.4 Å². The molecule has 0 aromatic heterocycles. The standard InChI is InChI=1S/C26H38O13S3/c1-26(2,25(34)35-3)14-42-9-6-23(33)24(21(31)4-7-40-12-19(38-17-29)10-36-15-27)22(32)5-8-41-13-20(39-18-30)11-37-16-28/h15-20,24H,4-14H2,1-3H3. The number of ether oxygens (including phenoxy) is 5. The number of hydrogen-bond acceptors (Lipinski definition) is 16. The predicted molar refractivity (Wildman–Crippen MR) is 156 cm³/mol. The minimum Gasteiger partial charge on any atom is -0.469 e. The number of Topliss-reactive ketones (excluding diaryl/α,β-unsaturated/α-hetero) is 3. The van der Waals surface area contributed by atoms with Gasteiger partial charge in [0.05, 0.1) is 12.5 Å². The average molecular weight is 655 g/mol. The van der Waals surface area contributed by atoms with Gasteiger partial charge >= 0.3 is 5.97 Å². The Labute approximate surface area is 257 Å². The first-order valence-corrected chi connectivity index (χ1v) is 16.2. The fraction of sp³-hybridized carbons (Fsp3) is 0.692. The van der Waals surface area contributed by atoms with Gasteiger partial charge in [-0.15, -0.1) is 0 Å². The monoisotopic (exact) mass is 654 g/mol. The van der Waals surface area contributed by atoms with Gasteiger partial charge in [0.2, 0.25) is 0 Å². The number of carbonyl (C=O) groups excluding carboxylic acids is 8. The molecule has 0 aliphatic rings. The molecular formula is C26H38O13S3. The molecule has 0 aliphatic carbocycles. The quantitative estimate of drug-likeness (QED) is 0.0369. The second-order valence-corrected chi connectivity index (χ2v) is 12.6. The highest BCUT2D eigenvalue weighted by Crippen LogP contribution is 2.24. The molecule has 0 aliphatic heterocycles. The Morgan fingerprint density at radius 1 is 0.667 bits per heavy atom. The van der Waals surface area contributed by atoms with Crippen LogP contribution in [0.4, 0.5) is 0 Å². The average Bonchev–Trinajstić information content (AvgIpc) is 2.96. The first kappa shape index (κ1) is 39.4. The predicted octanol–water partition coefficient (Wildman–Crippen LogP) is 1.31. The number of thioether (sulfide) groups is 3. The molecule has 0 aromatic rings. The maximum absolute atomic E-state index is 13.1. The smallest absolute Gasteiger partial charge is 0.312 e. The van der Waals surface area contributed by atoms with Gasteiger partial charge in [0.25, 0.3) is 25.9 Å². The van der Waals surface area contributed by atoms with Gasteiger partial charge < -0.3 is 23.7 Å². The van der Waals surface area contributed by atoms with Crippen molar-refractivity contribution in [1.29, 1.82) is 0 Å². The van der Waals surface area contributed by atoms with Gasteiger partial charge in [-0.3, -0.25) is 38.4 Å². The first-order chi connectivity index (χ1) is 20.1. The van der Waals surface area contributed by atoms with Crippen LogP contribution in [0.3, 0.4) is 0 Å². The summed E-state index contributed by atoms with van der Waals surface area (Å²) in [6.45, 7) is 4.02. The molecule has 2 atom stereocenters. The minimum atomic E-state index is -1.46. The van der Waals surface area contributed by atoms with Gasteiger partial charge in [-0.05, 0) is 13.8 Å². The maximum Gasteiger partial charge on any atom is 0.312 e. The lowest BCUT2D eigenvalue weighted by Crippen LogP contribution is -2.33. The SMILES string of the molecule is COC(=O)C(C)(C)CSCCC(=O)C(C(=O)CCSCC(COC=O)OC=O)C(=O)CCSCC(COC=O)OC=O. The van der Waals surface area contributed by atoms with Crippen LogP contribution in [-0.4, -0.2) is 116 Å². The van der Waals surface area contributed by atoms with Crippen LogP contribution in [0.2, 0.25) is 0 Å². The molecule has 0 rings (SSSR count). The number of ketones is 3.